The van der Waals surface area contributed by atoms with Crippen molar-refractivity contribution >= 4 is 46.3 Å². The summed E-state index contributed by atoms with van der Waals surface area (Å²) < 4.78 is 0. The van der Waals surface area contributed by atoms with Gasteiger partial charge in [0.15, 0.2) is 11.5 Å². The minimum atomic E-state index is -0.438. The summed E-state index contributed by atoms with van der Waals surface area (Å²) in [5, 5.41) is 23.2. The van der Waals surface area contributed by atoms with Gasteiger partial charge in [0, 0.05) is 10.7 Å². The first kappa shape index (κ1) is 17.7. The molecule has 0 aliphatic heterocycles. The Balaban J connectivity index is 1.68. The van der Waals surface area contributed by atoms with E-state index in [1.165, 1.54) is 12.1 Å². The largest absolute Gasteiger partial charge is 0.339 e. The Labute approximate surface area is 159 Å². The van der Waals surface area contributed by atoms with Crippen LogP contribution in [0.3, 0.4) is 0 Å². The molecule has 6 nitrogen and oxygen atoms in total. The molecule has 0 atom stereocenters. The van der Waals surface area contributed by atoms with Crippen molar-refractivity contribution in [1.29, 1.82) is 5.26 Å². The molecule has 0 bridgehead atoms. The van der Waals surface area contributed by atoms with E-state index in [0.29, 0.717) is 27.1 Å². The van der Waals surface area contributed by atoms with E-state index in [1.807, 2.05) is 6.07 Å². The second-order valence-corrected chi connectivity index (χ2v) is 6.04. The highest BCUT2D eigenvalue weighted by molar-refractivity contribution is 6.36. The average Bonchev–Trinajstić information content (AvgIpc) is 2.65. The van der Waals surface area contributed by atoms with Crippen LogP contribution in [0, 0.1) is 11.3 Å². The van der Waals surface area contributed by atoms with Gasteiger partial charge >= 0.3 is 0 Å². The molecule has 128 valence electrons. The third-order valence-corrected chi connectivity index (χ3v) is 3.91. The molecule has 0 fully saturated rings. The van der Waals surface area contributed by atoms with E-state index in [-0.39, 0.29) is 5.69 Å². The topological polar surface area (TPSA) is 90.7 Å². The number of rotatable bonds is 4. The first-order valence-corrected chi connectivity index (χ1v) is 8.18. The minimum absolute atomic E-state index is 0.140. The van der Waals surface area contributed by atoms with Crippen LogP contribution < -0.4 is 10.6 Å². The number of carbonyl (C=O) groups is 1. The van der Waals surface area contributed by atoms with Crippen molar-refractivity contribution in [3.8, 4) is 6.07 Å². The van der Waals surface area contributed by atoms with Crippen molar-refractivity contribution in [3.05, 3.63) is 75.9 Å². The molecule has 8 heteroatoms. The van der Waals surface area contributed by atoms with Crippen LogP contribution in [0.15, 0.2) is 54.6 Å². The highest BCUT2D eigenvalue weighted by atomic mass is 35.5. The van der Waals surface area contributed by atoms with Crippen molar-refractivity contribution < 1.29 is 4.79 Å². The van der Waals surface area contributed by atoms with Crippen molar-refractivity contribution in [2.24, 2.45) is 0 Å². The fourth-order valence-corrected chi connectivity index (χ4v) is 2.53. The van der Waals surface area contributed by atoms with E-state index in [9.17, 15) is 4.79 Å². The number of nitrogens with zero attached hydrogens (tertiary/aromatic N) is 3. The number of aromatic nitrogens is 2. The predicted octanol–water partition coefficient (Wildman–Crippen LogP) is 4.65. The maximum absolute atomic E-state index is 12.2. The van der Waals surface area contributed by atoms with Crippen LogP contribution in [0.5, 0.6) is 0 Å². The van der Waals surface area contributed by atoms with Gasteiger partial charge in [-0.15, -0.1) is 10.2 Å². The fraction of sp³-hybridized carbons (Fsp3) is 0. The molecule has 0 aliphatic carbocycles. The standard InChI is InChI=1S/C18H11Cl2N5O/c19-12-3-6-15(14(20)9-12)23-18(26)16-7-8-17(25-24-16)22-13-4-1-11(10-21)2-5-13/h1-9H,(H,22,25)(H,23,26). The molecule has 0 radical (unpaired) electrons. The van der Waals surface area contributed by atoms with Crippen molar-refractivity contribution in [1.82, 2.24) is 10.2 Å². The zero-order chi connectivity index (χ0) is 18.5. The van der Waals surface area contributed by atoms with Gasteiger partial charge in [-0.05, 0) is 54.6 Å². The number of carbonyl (C=O) groups excluding carboxylic acids is 1. The lowest BCUT2D eigenvalue weighted by atomic mass is 10.2. The van der Waals surface area contributed by atoms with Crippen LogP contribution in [-0.4, -0.2) is 16.1 Å². The van der Waals surface area contributed by atoms with Gasteiger partial charge in [0.2, 0.25) is 0 Å². The summed E-state index contributed by atoms with van der Waals surface area (Å²) in [6.45, 7) is 0. The molecule has 0 saturated heterocycles. The normalized spacial score (nSPS) is 10.0. The lowest BCUT2D eigenvalue weighted by molar-refractivity contribution is 0.102. The average molecular weight is 384 g/mol. The molecule has 26 heavy (non-hydrogen) atoms. The Morgan fingerprint density at radius 3 is 2.38 bits per heavy atom. The lowest BCUT2D eigenvalue weighted by Gasteiger charge is -2.08. The highest BCUT2D eigenvalue weighted by Gasteiger charge is 2.11. The summed E-state index contributed by atoms with van der Waals surface area (Å²) >= 11 is 11.9. The number of hydrogen-bond donors (Lipinski definition) is 2. The molecule has 1 heterocycles. The highest BCUT2D eigenvalue weighted by Crippen LogP contribution is 2.25. The van der Waals surface area contributed by atoms with E-state index < -0.39 is 5.91 Å². The van der Waals surface area contributed by atoms with Crippen molar-refractivity contribution in [2.75, 3.05) is 10.6 Å². The monoisotopic (exact) mass is 383 g/mol. The van der Waals surface area contributed by atoms with E-state index in [4.69, 9.17) is 28.5 Å². The molecule has 2 aromatic carbocycles. The summed E-state index contributed by atoms with van der Waals surface area (Å²) in [6.07, 6.45) is 0. The minimum Gasteiger partial charge on any atom is -0.339 e. The molecular weight excluding hydrogens is 373 g/mol. The van der Waals surface area contributed by atoms with Gasteiger partial charge in [-0.25, -0.2) is 0 Å². The van der Waals surface area contributed by atoms with Crippen molar-refractivity contribution in [2.45, 2.75) is 0 Å². The number of benzene rings is 2. The molecule has 0 aliphatic rings. The summed E-state index contributed by atoms with van der Waals surface area (Å²) in [7, 11) is 0. The van der Waals surface area contributed by atoms with Crippen LogP contribution in [0.2, 0.25) is 10.0 Å². The number of nitriles is 1. The number of nitrogens with one attached hydrogen (secondary N) is 2. The Hall–Kier alpha value is -3.14. The van der Waals surface area contributed by atoms with Gasteiger partial charge in [0.25, 0.3) is 5.91 Å². The molecule has 1 aromatic heterocycles. The van der Waals surface area contributed by atoms with Crippen LogP contribution >= 0.6 is 23.2 Å². The number of amides is 1. The first-order valence-electron chi connectivity index (χ1n) is 7.42. The zero-order valence-corrected chi connectivity index (χ0v) is 14.7. The summed E-state index contributed by atoms with van der Waals surface area (Å²) in [5.41, 5.74) is 1.89. The van der Waals surface area contributed by atoms with Gasteiger partial charge in [-0.1, -0.05) is 23.2 Å². The Kier molecular flexibility index (Phi) is 5.32. The molecule has 3 rings (SSSR count). The summed E-state index contributed by atoms with van der Waals surface area (Å²) in [4.78, 5) is 12.2. The predicted molar refractivity (Wildman–Crippen MR) is 101 cm³/mol. The van der Waals surface area contributed by atoms with Gasteiger partial charge in [-0.3, -0.25) is 4.79 Å². The number of hydrogen-bond acceptors (Lipinski definition) is 5. The van der Waals surface area contributed by atoms with Crippen molar-refractivity contribution in [3.63, 3.8) is 0 Å². The maximum atomic E-state index is 12.2. The van der Waals surface area contributed by atoms with E-state index in [2.05, 4.69) is 20.8 Å². The van der Waals surface area contributed by atoms with Crippen LogP contribution in [0.1, 0.15) is 16.1 Å². The van der Waals surface area contributed by atoms with E-state index in [1.54, 1.807) is 42.5 Å². The van der Waals surface area contributed by atoms with Gasteiger partial charge < -0.3 is 10.6 Å². The summed E-state index contributed by atoms with van der Waals surface area (Å²) in [5.74, 6) is 0.0300. The molecule has 1 amide bonds. The van der Waals surface area contributed by atoms with Gasteiger partial charge in [-0.2, -0.15) is 5.26 Å². The van der Waals surface area contributed by atoms with Crippen LogP contribution in [-0.2, 0) is 0 Å². The molecule has 0 saturated carbocycles. The number of halogens is 2. The van der Waals surface area contributed by atoms with E-state index >= 15 is 0 Å². The van der Waals surface area contributed by atoms with E-state index in [0.717, 1.165) is 5.69 Å². The first-order chi connectivity index (χ1) is 12.5. The van der Waals surface area contributed by atoms with Gasteiger partial charge in [0.1, 0.15) is 0 Å². The second kappa shape index (κ2) is 7.83. The third kappa shape index (κ3) is 4.28. The third-order valence-electron chi connectivity index (χ3n) is 3.36. The second-order valence-electron chi connectivity index (χ2n) is 5.20. The van der Waals surface area contributed by atoms with Crippen LogP contribution in [0.4, 0.5) is 17.2 Å². The SMILES string of the molecule is N#Cc1ccc(Nc2ccc(C(=O)Nc3ccc(Cl)cc3Cl)nn2)cc1. The smallest absolute Gasteiger partial charge is 0.276 e. The molecule has 2 N–H and O–H groups in total. The molecular formula is C18H11Cl2N5O. The number of anilines is 3. The molecule has 0 spiro atoms. The molecule has 3 aromatic rings. The fourth-order valence-electron chi connectivity index (χ4n) is 2.07. The Morgan fingerprint density at radius 1 is 1.00 bits per heavy atom. The quantitative estimate of drug-likeness (QED) is 0.683. The maximum Gasteiger partial charge on any atom is 0.276 e. The van der Waals surface area contributed by atoms with Gasteiger partial charge in [0.05, 0.1) is 22.3 Å². The Bertz CT molecular complexity index is 982. The zero-order valence-electron chi connectivity index (χ0n) is 13.2. The Morgan fingerprint density at radius 2 is 1.77 bits per heavy atom. The lowest BCUT2D eigenvalue weighted by Crippen LogP contribution is -2.14. The van der Waals surface area contributed by atoms with Crippen LogP contribution in [0.25, 0.3) is 0 Å². The summed E-state index contributed by atoms with van der Waals surface area (Å²) in [6, 6.07) is 16.9. The molecule has 0 unspecified atom stereocenters.